The quantitative estimate of drug-likeness (QED) is 0.493. The minimum atomic E-state index is 0.514. The van der Waals surface area contributed by atoms with Crippen molar-refractivity contribution in [2.45, 2.75) is 70.1 Å². The van der Waals surface area contributed by atoms with Crippen LogP contribution in [0, 0.1) is 0 Å². The number of hydrogen-bond acceptors (Lipinski definition) is 2. The molecule has 0 radical (unpaired) electrons. The summed E-state index contributed by atoms with van der Waals surface area (Å²) in [5, 5.41) is 10.3. The minimum absolute atomic E-state index is 0.514. The van der Waals surface area contributed by atoms with E-state index in [2.05, 4.69) is 26.5 Å². The lowest BCUT2D eigenvalue weighted by atomic mass is 9.99. The molecule has 0 saturated carbocycles. The predicted octanol–water partition coefficient (Wildman–Crippen LogP) is 5.15. The maximum atomic E-state index is 10.3. The van der Waals surface area contributed by atoms with Gasteiger partial charge in [0, 0.05) is 4.90 Å². The van der Waals surface area contributed by atoms with Gasteiger partial charge >= 0.3 is 0 Å². The van der Waals surface area contributed by atoms with Crippen LogP contribution in [-0.2, 0) is 12.8 Å². The van der Waals surface area contributed by atoms with Crippen LogP contribution >= 0.6 is 12.6 Å². The molecule has 0 spiro atoms. The molecule has 1 N–H and O–H groups in total. The molecular formula is C16H26OS. The van der Waals surface area contributed by atoms with Gasteiger partial charge in [0.2, 0.25) is 0 Å². The zero-order valence-electron chi connectivity index (χ0n) is 11.7. The summed E-state index contributed by atoms with van der Waals surface area (Å²) in [4.78, 5) is 0.978. The van der Waals surface area contributed by atoms with E-state index in [1.165, 1.54) is 25.7 Å². The number of phenols is 1. The molecule has 0 aromatic heterocycles. The van der Waals surface area contributed by atoms with Crippen molar-refractivity contribution in [1.82, 2.24) is 0 Å². The number of phenolic OH excluding ortho intramolecular Hbond substituents is 1. The van der Waals surface area contributed by atoms with Crippen LogP contribution in [0.3, 0.4) is 0 Å². The summed E-state index contributed by atoms with van der Waals surface area (Å²) in [6.07, 6.45) is 9.10. The van der Waals surface area contributed by atoms with Gasteiger partial charge in [-0.15, -0.1) is 12.6 Å². The second-order valence-electron chi connectivity index (χ2n) is 5.03. The molecule has 0 saturated heterocycles. The monoisotopic (exact) mass is 266 g/mol. The number of aromatic hydroxyl groups is 1. The summed E-state index contributed by atoms with van der Waals surface area (Å²) in [7, 11) is 0. The number of aryl methyl sites for hydroxylation is 2. The normalized spacial score (nSPS) is 10.8. The third-order valence-corrected chi connectivity index (χ3v) is 3.61. The van der Waals surface area contributed by atoms with E-state index in [0.29, 0.717) is 5.75 Å². The topological polar surface area (TPSA) is 20.2 Å². The molecule has 0 aliphatic rings. The van der Waals surface area contributed by atoms with Crippen LogP contribution in [-0.4, -0.2) is 5.11 Å². The van der Waals surface area contributed by atoms with E-state index in [9.17, 15) is 5.11 Å². The molecule has 18 heavy (non-hydrogen) atoms. The highest BCUT2D eigenvalue weighted by Crippen LogP contribution is 2.29. The summed E-state index contributed by atoms with van der Waals surface area (Å²) < 4.78 is 0. The fraction of sp³-hybridized carbons (Fsp3) is 0.625. The third-order valence-electron chi connectivity index (χ3n) is 3.35. The summed E-state index contributed by atoms with van der Waals surface area (Å²) in [5.74, 6) is 0.514. The molecule has 1 aromatic rings. The van der Waals surface area contributed by atoms with Crippen molar-refractivity contribution in [2.24, 2.45) is 0 Å². The average molecular weight is 266 g/mol. The van der Waals surface area contributed by atoms with Gasteiger partial charge < -0.3 is 5.11 Å². The fourth-order valence-electron chi connectivity index (χ4n) is 2.25. The molecule has 0 fully saturated rings. The van der Waals surface area contributed by atoms with Crippen molar-refractivity contribution in [3.05, 3.63) is 23.3 Å². The number of unbranched alkanes of at least 4 members (excludes halogenated alkanes) is 4. The van der Waals surface area contributed by atoms with Crippen molar-refractivity contribution in [1.29, 1.82) is 0 Å². The largest absolute Gasteiger partial charge is 0.507 e. The van der Waals surface area contributed by atoms with Crippen LogP contribution in [0.15, 0.2) is 17.0 Å². The van der Waals surface area contributed by atoms with E-state index >= 15 is 0 Å². The Hall–Kier alpha value is -0.630. The zero-order valence-corrected chi connectivity index (χ0v) is 12.6. The maximum absolute atomic E-state index is 10.3. The minimum Gasteiger partial charge on any atom is -0.507 e. The van der Waals surface area contributed by atoms with E-state index in [0.717, 1.165) is 41.7 Å². The number of thiol groups is 1. The Morgan fingerprint density at radius 3 is 1.72 bits per heavy atom. The summed E-state index contributed by atoms with van der Waals surface area (Å²) in [5.41, 5.74) is 2.14. The van der Waals surface area contributed by atoms with Crippen LogP contribution < -0.4 is 0 Å². The smallest absolute Gasteiger partial charge is 0.122 e. The van der Waals surface area contributed by atoms with Crippen LogP contribution in [0.2, 0.25) is 0 Å². The highest BCUT2D eigenvalue weighted by molar-refractivity contribution is 7.80. The molecule has 1 aromatic carbocycles. The molecule has 1 nitrogen and oxygen atoms in total. The van der Waals surface area contributed by atoms with Crippen molar-refractivity contribution in [3.8, 4) is 5.75 Å². The standard InChI is InChI=1S/C16H26OS/c1-3-5-7-9-13-11-15(18)12-14(16(13)17)10-8-6-4-2/h11-12,17-18H,3-10H2,1-2H3. The number of hydrogen-bond donors (Lipinski definition) is 2. The highest BCUT2D eigenvalue weighted by Gasteiger charge is 2.08. The Balaban J connectivity index is 2.71. The first-order chi connectivity index (χ1) is 8.69. The molecule has 0 aliphatic carbocycles. The first-order valence-corrected chi connectivity index (χ1v) is 7.67. The first kappa shape index (κ1) is 15.4. The summed E-state index contributed by atoms with van der Waals surface area (Å²) >= 11 is 4.45. The number of rotatable bonds is 8. The molecular weight excluding hydrogens is 240 g/mol. The van der Waals surface area contributed by atoms with Crippen molar-refractivity contribution >= 4 is 12.6 Å². The van der Waals surface area contributed by atoms with Gasteiger partial charge in [0.1, 0.15) is 5.75 Å². The molecule has 0 bridgehead atoms. The predicted molar refractivity (Wildman–Crippen MR) is 81.8 cm³/mol. The van der Waals surface area contributed by atoms with Crippen molar-refractivity contribution < 1.29 is 5.11 Å². The first-order valence-electron chi connectivity index (χ1n) is 7.22. The SMILES string of the molecule is CCCCCc1cc(S)cc(CCCCC)c1O. The summed E-state index contributed by atoms with van der Waals surface area (Å²) in [6, 6.07) is 4.02. The molecule has 0 atom stereocenters. The van der Waals surface area contributed by atoms with E-state index in [1.807, 2.05) is 12.1 Å². The van der Waals surface area contributed by atoms with Gasteiger partial charge in [-0.1, -0.05) is 39.5 Å². The van der Waals surface area contributed by atoms with Gasteiger partial charge in [-0.05, 0) is 48.9 Å². The molecule has 2 heteroatoms. The van der Waals surface area contributed by atoms with Crippen molar-refractivity contribution in [2.75, 3.05) is 0 Å². The summed E-state index contributed by atoms with van der Waals surface area (Å²) in [6.45, 7) is 4.40. The lowest BCUT2D eigenvalue weighted by molar-refractivity contribution is 0.457. The van der Waals surface area contributed by atoms with Gasteiger partial charge in [0.25, 0.3) is 0 Å². The molecule has 102 valence electrons. The Bertz CT molecular complexity index is 329. The van der Waals surface area contributed by atoms with E-state index in [-0.39, 0.29) is 0 Å². The third kappa shape index (κ3) is 4.93. The molecule has 0 heterocycles. The van der Waals surface area contributed by atoms with E-state index in [4.69, 9.17) is 0 Å². The Labute approximate surface area is 117 Å². The molecule has 1 rings (SSSR count). The zero-order chi connectivity index (χ0) is 13.4. The van der Waals surface area contributed by atoms with Crippen LogP contribution in [0.25, 0.3) is 0 Å². The van der Waals surface area contributed by atoms with Gasteiger partial charge in [-0.25, -0.2) is 0 Å². The fourth-order valence-corrected chi connectivity index (χ4v) is 2.57. The van der Waals surface area contributed by atoms with Gasteiger partial charge in [-0.3, -0.25) is 0 Å². The second-order valence-corrected chi connectivity index (χ2v) is 5.54. The Morgan fingerprint density at radius 2 is 1.33 bits per heavy atom. The molecule has 0 amide bonds. The van der Waals surface area contributed by atoms with E-state index in [1.54, 1.807) is 0 Å². The van der Waals surface area contributed by atoms with E-state index < -0.39 is 0 Å². The van der Waals surface area contributed by atoms with Gasteiger partial charge in [-0.2, -0.15) is 0 Å². The average Bonchev–Trinajstić information content (AvgIpc) is 2.35. The Kier molecular flexibility index (Phi) is 7.26. The van der Waals surface area contributed by atoms with Crippen LogP contribution in [0.4, 0.5) is 0 Å². The van der Waals surface area contributed by atoms with Gasteiger partial charge in [0.15, 0.2) is 0 Å². The van der Waals surface area contributed by atoms with Crippen molar-refractivity contribution in [3.63, 3.8) is 0 Å². The molecule has 0 unspecified atom stereocenters. The lowest BCUT2D eigenvalue weighted by Gasteiger charge is -2.11. The second kappa shape index (κ2) is 8.47. The lowest BCUT2D eigenvalue weighted by Crippen LogP contribution is -1.93. The highest BCUT2D eigenvalue weighted by atomic mass is 32.1. The van der Waals surface area contributed by atoms with Crippen LogP contribution in [0.1, 0.15) is 63.5 Å². The maximum Gasteiger partial charge on any atom is 0.122 e. The van der Waals surface area contributed by atoms with Crippen LogP contribution in [0.5, 0.6) is 5.75 Å². The molecule has 0 aliphatic heterocycles. The van der Waals surface area contributed by atoms with Gasteiger partial charge in [0.05, 0.1) is 0 Å². The Morgan fingerprint density at radius 1 is 0.889 bits per heavy atom. The number of benzene rings is 1.